The number of hydrogen-bond donors (Lipinski definition) is 3. The number of aryl methyl sites for hydroxylation is 1. The number of anilines is 1. The van der Waals surface area contributed by atoms with Crippen LogP contribution in [0.3, 0.4) is 0 Å². The number of nitrogens with zero attached hydrogens (tertiary/aromatic N) is 5. The second-order valence-electron chi connectivity index (χ2n) is 6.75. The van der Waals surface area contributed by atoms with E-state index in [2.05, 4.69) is 42.9 Å². The Labute approximate surface area is 171 Å². The quantitative estimate of drug-likeness (QED) is 0.267. The third kappa shape index (κ3) is 5.18. The molecule has 2 aromatic rings. The molecular formula is C17H29IN8. The normalized spacial score (nSPS) is 20.5. The van der Waals surface area contributed by atoms with Crippen molar-refractivity contribution in [2.24, 2.45) is 18.0 Å². The van der Waals surface area contributed by atoms with Crippen LogP contribution in [0.4, 0.5) is 5.82 Å². The third-order valence-corrected chi connectivity index (χ3v) is 4.82. The van der Waals surface area contributed by atoms with Crippen molar-refractivity contribution < 1.29 is 0 Å². The van der Waals surface area contributed by atoms with Crippen LogP contribution in [0.2, 0.25) is 0 Å². The first-order chi connectivity index (χ1) is 12.2. The fourth-order valence-corrected chi connectivity index (χ4v) is 3.26. The third-order valence-electron chi connectivity index (χ3n) is 4.82. The fourth-order valence-electron chi connectivity index (χ4n) is 3.26. The molecule has 8 nitrogen and oxygen atoms in total. The summed E-state index contributed by atoms with van der Waals surface area (Å²) in [5, 5.41) is 15.4. The van der Waals surface area contributed by atoms with E-state index in [1.807, 2.05) is 14.1 Å². The molecule has 9 heteroatoms. The van der Waals surface area contributed by atoms with Crippen LogP contribution in [-0.2, 0) is 7.05 Å². The average Bonchev–Trinajstić information content (AvgIpc) is 3.01. The highest BCUT2D eigenvalue weighted by molar-refractivity contribution is 14.0. The molecule has 1 saturated carbocycles. The van der Waals surface area contributed by atoms with E-state index in [-0.39, 0.29) is 24.0 Å². The first-order valence-corrected chi connectivity index (χ1v) is 9.01. The van der Waals surface area contributed by atoms with Crippen LogP contribution in [0.25, 0.3) is 11.0 Å². The number of nitrogens with one attached hydrogen (secondary N) is 3. The minimum absolute atomic E-state index is 0. The second kappa shape index (κ2) is 9.89. The molecule has 0 atom stereocenters. The van der Waals surface area contributed by atoms with Crippen LogP contribution in [0.1, 0.15) is 32.6 Å². The van der Waals surface area contributed by atoms with Gasteiger partial charge >= 0.3 is 0 Å². The van der Waals surface area contributed by atoms with Gasteiger partial charge in [0.25, 0.3) is 0 Å². The molecule has 0 bridgehead atoms. The lowest BCUT2D eigenvalue weighted by atomic mass is 9.87. The highest BCUT2D eigenvalue weighted by atomic mass is 127. The van der Waals surface area contributed by atoms with Crippen molar-refractivity contribution in [3.05, 3.63) is 12.5 Å². The fraction of sp³-hybridized carbons (Fsp3) is 0.647. The number of hydrogen-bond acceptors (Lipinski definition) is 5. The zero-order chi connectivity index (χ0) is 17.6. The molecule has 0 aromatic carbocycles. The molecule has 2 aromatic heterocycles. The van der Waals surface area contributed by atoms with Crippen LogP contribution >= 0.6 is 24.0 Å². The Morgan fingerprint density at radius 1 is 1.23 bits per heavy atom. The van der Waals surface area contributed by atoms with Gasteiger partial charge in [-0.05, 0) is 31.6 Å². The Balaban J connectivity index is 0.00000243. The molecule has 0 saturated heterocycles. The molecule has 0 amide bonds. The maximum atomic E-state index is 4.33. The van der Waals surface area contributed by atoms with Gasteiger partial charge in [0.2, 0.25) is 0 Å². The zero-order valence-corrected chi connectivity index (χ0v) is 18.0. The van der Waals surface area contributed by atoms with Crippen LogP contribution in [0, 0.1) is 5.92 Å². The molecule has 26 heavy (non-hydrogen) atoms. The number of guanidine groups is 1. The van der Waals surface area contributed by atoms with Crippen molar-refractivity contribution in [3.8, 4) is 0 Å². The largest absolute Gasteiger partial charge is 0.368 e. The van der Waals surface area contributed by atoms with Gasteiger partial charge < -0.3 is 16.0 Å². The van der Waals surface area contributed by atoms with Crippen molar-refractivity contribution in [1.82, 2.24) is 30.4 Å². The first-order valence-electron chi connectivity index (χ1n) is 9.01. The molecule has 0 spiro atoms. The standard InChI is InChI=1S/C17H28N8.HI/c1-12-4-6-13(7-5-12)24-17(18-2)20-9-8-19-15-14-10-23-25(3)16(14)22-11-21-15;/h10-13H,4-9H2,1-3H3,(H2,18,20,24)(H,19,21,22);1H. The van der Waals surface area contributed by atoms with E-state index in [4.69, 9.17) is 0 Å². The molecular weight excluding hydrogens is 443 g/mol. The number of halogens is 1. The summed E-state index contributed by atoms with van der Waals surface area (Å²) in [5.74, 6) is 2.54. The van der Waals surface area contributed by atoms with Crippen molar-refractivity contribution in [2.75, 3.05) is 25.5 Å². The summed E-state index contributed by atoms with van der Waals surface area (Å²) < 4.78 is 1.75. The van der Waals surface area contributed by atoms with Gasteiger partial charge in [0, 0.05) is 33.2 Å². The van der Waals surface area contributed by atoms with Gasteiger partial charge in [0.1, 0.15) is 12.1 Å². The molecule has 2 heterocycles. The Morgan fingerprint density at radius 2 is 2.00 bits per heavy atom. The summed E-state index contributed by atoms with van der Waals surface area (Å²) in [6.45, 7) is 3.83. The van der Waals surface area contributed by atoms with E-state index < -0.39 is 0 Å². The molecule has 1 aliphatic rings. The summed E-state index contributed by atoms with van der Waals surface area (Å²) in [4.78, 5) is 12.9. The molecule has 3 N–H and O–H groups in total. The van der Waals surface area contributed by atoms with E-state index >= 15 is 0 Å². The van der Waals surface area contributed by atoms with Gasteiger partial charge in [-0.3, -0.25) is 9.67 Å². The Hall–Kier alpha value is -1.65. The molecule has 1 fully saturated rings. The SMILES string of the molecule is CN=C(NCCNc1ncnc2c1cnn2C)NC1CCC(C)CC1.I. The predicted octanol–water partition coefficient (Wildman–Crippen LogP) is 2.14. The lowest BCUT2D eigenvalue weighted by molar-refractivity contribution is 0.329. The predicted molar refractivity (Wildman–Crippen MR) is 116 cm³/mol. The topological polar surface area (TPSA) is 92.1 Å². The van der Waals surface area contributed by atoms with Crippen LogP contribution in [-0.4, -0.2) is 51.9 Å². The molecule has 0 unspecified atom stereocenters. The van der Waals surface area contributed by atoms with Crippen molar-refractivity contribution >= 4 is 46.8 Å². The summed E-state index contributed by atoms with van der Waals surface area (Å²) in [6.07, 6.45) is 8.39. The minimum Gasteiger partial charge on any atom is -0.368 e. The number of aliphatic imine (C=N–C) groups is 1. The van der Waals surface area contributed by atoms with Gasteiger partial charge in [0.15, 0.2) is 11.6 Å². The smallest absolute Gasteiger partial charge is 0.191 e. The van der Waals surface area contributed by atoms with E-state index in [0.717, 1.165) is 41.8 Å². The summed E-state index contributed by atoms with van der Waals surface area (Å²) in [5.41, 5.74) is 0.828. The van der Waals surface area contributed by atoms with E-state index in [1.165, 1.54) is 25.7 Å². The summed E-state index contributed by atoms with van der Waals surface area (Å²) >= 11 is 0. The molecule has 144 valence electrons. The molecule has 1 aliphatic carbocycles. The lowest BCUT2D eigenvalue weighted by Crippen LogP contribution is -2.45. The van der Waals surface area contributed by atoms with Gasteiger partial charge in [-0.15, -0.1) is 24.0 Å². The number of fused-ring (bicyclic) bond motifs is 1. The van der Waals surface area contributed by atoms with E-state index in [0.29, 0.717) is 6.04 Å². The van der Waals surface area contributed by atoms with Crippen LogP contribution in [0.15, 0.2) is 17.5 Å². The molecule has 0 radical (unpaired) electrons. The van der Waals surface area contributed by atoms with E-state index in [1.54, 1.807) is 17.2 Å². The van der Waals surface area contributed by atoms with Crippen LogP contribution < -0.4 is 16.0 Å². The Kier molecular flexibility index (Phi) is 7.85. The molecule has 3 rings (SSSR count). The van der Waals surface area contributed by atoms with Crippen LogP contribution in [0.5, 0.6) is 0 Å². The monoisotopic (exact) mass is 472 g/mol. The Bertz CT molecular complexity index is 721. The number of aromatic nitrogens is 4. The first kappa shape index (κ1) is 20.7. The highest BCUT2D eigenvalue weighted by Gasteiger charge is 2.18. The summed E-state index contributed by atoms with van der Waals surface area (Å²) in [7, 11) is 3.69. The van der Waals surface area contributed by atoms with Crippen molar-refractivity contribution in [1.29, 1.82) is 0 Å². The minimum atomic E-state index is 0. The summed E-state index contributed by atoms with van der Waals surface area (Å²) in [6, 6.07) is 0.534. The van der Waals surface area contributed by atoms with Crippen molar-refractivity contribution in [3.63, 3.8) is 0 Å². The van der Waals surface area contributed by atoms with Gasteiger partial charge in [-0.2, -0.15) is 5.10 Å². The van der Waals surface area contributed by atoms with Gasteiger partial charge in [0.05, 0.1) is 11.6 Å². The zero-order valence-electron chi connectivity index (χ0n) is 15.7. The maximum absolute atomic E-state index is 4.33. The average molecular weight is 472 g/mol. The highest BCUT2D eigenvalue weighted by Crippen LogP contribution is 2.23. The molecule has 0 aliphatic heterocycles. The lowest BCUT2D eigenvalue weighted by Gasteiger charge is -2.28. The van der Waals surface area contributed by atoms with Crippen molar-refractivity contribution in [2.45, 2.75) is 38.6 Å². The van der Waals surface area contributed by atoms with Gasteiger partial charge in [-0.1, -0.05) is 6.92 Å². The maximum Gasteiger partial charge on any atom is 0.191 e. The van der Waals surface area contributed by atoms with E-state index in [9.17, 15) is 0 Å². The second-order valence-corrected chi connectivity index (χ2v) is 6.75. The van der Waals surface area contributed by atoms with Gasteiger partial charge in [-0.25, -0.2) is 9.97 Å². The Morgan fingerprint density at radius 3 is 2.73 bits per heavy atom. The number of rotatable bonds is 5.